The number of fused-ring (bicyclic) bond motifs is 3. The van der Waals surface area contributed by atoms with Crippen molar-refractivity contribution >= 4 is 23.0 Å². The van der Waals surface area contributed by atoms with E-state index in [2.05, 4.69) is 5.32 Å². The molecule has 0 aromatic heterocycles. The van der Waals surface area contributed by atoms with E-state index in [4.69, 9.17) is 11.6 Å². The molecule has 0 spiro atoms. The van der Waals surface area contributed by atoms with Gasteiger partial charge in [0.25, 0.3) is 5.69 Å². The number of phenolic OH excluding ortho intramolecular Hbond substituents is 1. The molecule has 6 heteroatoms. The van der Waals surface area contributed by atoms with Crippen LogP contribution in [0.1, 0.15) is 29.5 Å². The van der Waals surface area contributed by atoms with E-state index in [0.717, 1.165) is 12.0 Å². The summed E-state index contributed by atoms with van der Waals surface area (Å²) in [7, 11) is 0. The quantitative estimate of drug-likeness (QED) is 0.356. The summed E-state index contributed by atoms with van der Waals surface area (Å²) < 4.78 is 0. The summed E-state index contributed by atoms with van der Waals surface area (Å²) in [6.07, 6.45) is 4.86. The van der Waals surface area contributed by atoms with Gasteiger partial charge in [-0.3, -0.25) is 10.1 Å². The monoisotopic (exact) mass is 342 g/mol. The predicted octanol–water partition coefficient (Wildman–Crippen LogP) is 4.78. The Bertz CT molecular complexity index is 851. The Kier molecular flexibility index (Phi) is 3.46. The molecular weight excluding hydrogens is 328 g/mol. The smallest absolute Gasteiger partial charge is 0.293 e. The van der Waals surface area contributed by atoms with Crippen LogP contribution in [0.2, 0.25) is 5.02 Å². The van der Waals surface area contributed by atoms with E-state index < -0.39 is 4.92 Å². The number of halogens is 1. The zero-order valence-electron chi connectivity index (χ0n) is 12.6. The second-order valence-electron chi connectivity index (χ2n) is 6.16. The molecule has 2 N–H and O–H groups in total. The molecule has 0 bridgehead atoms. The highest BCUT2D eigenvalue weighted by atomic mass is 35.5. The van der Waals surface area contributed by atoms with E-state index in [9.17, 15) is 15.2 Å². The van der Waals surface area contributed by atoms with E-state index in [-0.39, 0.29) is 34.3 Å². The van der Waals surface area contributed by atoms with Crippen molar-refractivity contribution in [2.24, 2.45) is 5.92 Å². The van der Waals surface area contributed by atoms with Gasteiger partial charge in [-0.15, -0.1) is 0 Å². The molecule has 2 aromatic carbocycles. The molecule has 5 nitrogen and oxygen atoms in total. The van der Waals surface area contributed by atoms with E-state index in [1.807, 2.05) is 42.5 Å². The van der Waals surface area contributed by atoms with Gasteiger partial charge in [0.15, 0.2) is 0 Å². The van der Waals surface area contributed by atoms with Crippen molar-refractivity contribution < 1.29 is 10.0 Å². The summed E-state index contributed by atoms with van der Waals surface area (Å²) >= 11 is 6.05. The number of hydrogen-bond acceptors (Lipinski definition) is 4. The second kappa shape index (κ2) is 5.53. The van der Waals surface area contributed by atoms with Crippen molar-refractivity contribution in [3.8, 4) is 5.75 Å². The lowest BCUT2D eigenvalue weighted by Crippen LogP contribution is -2.29. The number of phenols is 1. The first-order valence-corrected chi connectivity index (χ1v) is 8.13. The predicted molar refractivity (Wildman–Crippen MR) is 92.6 cm³/mol. The number of anilines is 1. The fourth-order valence-electron chi connectivity index (χ4n) is 3.89. The van der Waals surface area contributed by atoms with Crippen LogP contribution in [-0.2, 0) is 0 Å². The molecule has 0 amide bonds. The Hall–Kier alpha value is -2.53. The molecule has 0 unspecified atom stereocenters. The van der Waals surface area contributed by atoms with Gasteiger partial charge < -0.3 is 10.4 Å². The van der Waals surface area contributed by atoms with Crippen LogP contribution in [0.25, 0.3) is 0 Å². The Balaban J connectivity index is 1.92. The molecule has 4 rings (SSSR count). The lowest BCUT2D eigenvalue weighted by Gasteiger charge is -2.37. The van der Waals surface area contributed by atoms with Crippen LogP contribution in [0.3, 0.4) is 0 Å². The largest absolute Gasteiger partial charge is 0.506 e. The van der Waals surface area contributed by atoms with E-state index in [1.165, 1.54) is 6.07 Å². The summed E-state index contributed by atoms with van der Waals surface area (Å²) in [6, 6.07) is 11.2. The zero-order valence-corrected chi connectivity index (χ0v) is 13.4. The first-order valence-electron chi connectivity index (χ1n) is 7.76. The van der Waals surface area contributed by atoms with Gasteiger partial charge in [0, 0.05) is 12.0 Å². The summed E-state index contributed by atoms with van der Waals surface area (Å²) in [5.41, 5.74) is 1.87. The van der Waals surface area contributed by atoms with Crippen LogP contribution in [0, 0.1) is 16.0 Å². The normalized spacial score (nSPS) is 24.1. The molecule has 0 saturated carbocycles. The number of nitrogens with one attached hydrogen (secondary N) is 1. The van der Waals surface area contributed by atoms with Crippen LogP contribution in [0.4, 0.5) is 11.4 Å². The maximum atomic E-state index is 11.5. The summed E-state index contributed by atoms with van der Waals surface area (Å²) in [6.45, 7) is 0. The molecule has 24 heavy (non-hydrogen) atoms. The van der Waals surface area contributed by atoms with Gasteiger partial charge in [-0.1, -0.05) is 54.1 Å². The molecule has 1 aliphatic carbocycles. The second-order valence-corrected chi connectivity index (χ2v) is 6.57. The minimum Gasteiger partial charge on any atom is -0.506 e. The van der Waals surface area contributed by atoms with Gasteiger partial charge in [0.2, 0.25) is 0 Å². The van der Waals surface area contributed by atoms with Gasteiger partial charge in [0.05, 0.1) is 22.2 Å². The Morgan fingerprint density at radius 3 is 2.75 bits per heavy atom. The minimum atomic E-state index is -0.464. The van der Waals surface area contributed by atoms with Crippen LogP contribution >= 0.6 is 11.6 Å². The number of nitro groups is 1. The molecule has 122 valence electrons. The lowest BCUT2D eigenvalue weighted by atomic mass is 9.76. The average Bonchev–Trinajstić information content (AvgIpc) is 3.04. The number of benzene rings is 2. The maximum Gasteiger partial charge on any atom is 0.293 e. The Labute approximate surface area is 143 Å². The first-order chi connectivity index (χ1) is 11.6. The average molecular weight is 343 g/mol. The van der Waals surface area contributed by atoms with E-state index >= 15 is 0 Å². The fourth-order valence-corrected chi connectivity index (χ4v) is 4.16. The summed E-state index contributed by atoms with van der Waals surface area (Å²) in [5.74, 6) is -0.0480. The van der Waals surface area contributed by atoms with Crippen molar-refractivity contribution in [1.29, 1.82) is 0 Å². The third-order valence-electron chi connectivity index (χ3n) is 4.89. The van der Waals surface area contributed by atoms with Gasteiger partial charge >= 0.3 is 0 Å². The van der Waals surface area contributed by atoms with Gasteiger partial charge in [-0.25, -0.2) is 0 Å². The summed E-state index contributed by atoms with van der Waals surface area (Å²) in [4.78, 5) is 11.1. The Morgan fingerprint density at radius 2 is 2.04 bits per heavy atom. The number of nitro benzene ring substituents is 1. The number of hydrogen-bond donors (Lipinski definition) is 2. The van der Waals surface area contributed by atoms with Crippen molar-refractivity contribution in [2.45, 2.75) is 18.4 Å². The standard InChI is InChI=1S/C18H15ClN2O3/c19-13-9-14(22)17-15(18(13)21(23)24)11-7-4-8-12(11)16(20-17)10-5-2-1-3-6-10/h1-7,9,11-12,16,20,22H,8H2/t11-,12-,16+/m1/s1. The minimum absolute atomic E-state index is 0.0228. The van der Waals surface area contributed by atoms with Crippen molar-refractivity contribution in [1.82, 2.24) is 0 Å². The number of nitrogens with zero attached hydrogens (tertiary/aromatic N) is 1. The summed E-state index contributed by atoms with van der Waals surface area (Å²) in [5, 5.41) is 25.2. The molecule has 2 aliphatic rings. The van der Waals surface area contributed by atoms with Crippen LogP contribution in [-0.4, -0.2) is 10.0 Å². The SMILES string of the molecule is O=[N+]([O-])c1c(Cl)cc(O)c2c1[C@@H]1C=CC[C@H]1[C@H](c1ccccc1)N2. The first kappa shape index (κ1) is 15.0. The van der Waals surface area contributed by atoms with Crippen LogP contribution in [0.15, 0.2) is 48.6 Å². The number of rotatable bonds is 2. The molecule has 1 aliphatic heterocycles. The van der Waals surface area contributed by atoms with E-state index in [0.29, 0.717) is 11.3 Å². The van der Waals surface area contributed by atoms with Crippen molar-refractivity contribution in [3.63, 3.8) is 0 Å². The molecule has 0 saturated heterocycles. The van der Waals surface area contributed by atoms with Gasteiger partial charge in [-0.05, 0) is 17.9 Å². The zero-order chi connectivity index (χ0) is 16.8. The third-order valence-corrected chi connectivity index (χ3v) is 5.17. The number of aromatic hydroxyl groups is 1. The van der Waals surface area contributed by atoms with E-state index in [1.54, 1.807) is 0 Å². The highest BCUT2D eigenvalue weighted by Gasteiger charge is 2.43. The molecule has 0 fully saturated rings. The van der Waals surface area contributed by atoms with Crippen molar-refractivity contribution in [3.05, 3.63) is 74.8 Å². The highest BCUT2D eigenvalue weighted by molar-refractivity contribution is 6.33. The van der Waals surface area contributed by atoms with Crippen LogP contribution < -0.4 is 5.32 Å². The Morgan fingerprint density at radius 1 is 1.29 bits per heavy atom. The molecule has 1 heterocycles. The highest BCUT2D eigenvalue weighted by Crippen LogP contribution is 2.56. The maximum absolute atomic E-state index is 11.5. The topological polar surface area (TPSA) is 75.4 Å². The third kappa shape index (κ3) is 2.16. The number of allylic oxidation sites excluding steroid dienone is 2. The van der Waals surface area contributed by atoms with Gasteiger partial charge in [0.1, 0.15) is 10.8 Å². The van der Waals surface area contributed by atoms with Crippen LogP contribution in [0.5, 0.6) is 5.75 Å². The molecule has 0 radical (unpaired) electrons. The lowest BCUT2D eigenvalue weighted by molar-refractivity contribution is -0.385. The molecule has 2 aromatic rings. The fraction of sp³-hybridized carbons (Fsp3) is 0.222. The van der Waals surface area contributed by atoms with Gasteiger partial charge in [-0.2, -0.15) is 0 Å². The molecule has 3 atom stereocenters. The molecular formula is C18H15ClN2O3. The van der Waals surface area contributed by atoms with Crippen molar-refractivity contribution in [2.75, 3.05) is 5.32 Å².